The number of hydrogen-bond acceptors (Lipinski definition) is 4. The maximum Gasteiger partial charge on any atom is 0.256 e. The maximum absolute atomic E-state index is 13.5. The molecular weight excluding hydrogens is 377 g/mol. The number of amides is 2. The molecule has 28 heavy (non-hydrogen) atoms. The van der Waals surface area contributed by atoms with E-state index in [2.05, 4.69) is 15.6 Å². The van der Waals surface area contributed by atoms with E-state index in [0.717, 1.165) is 10.5 Å². The summed E-state index contributed by atoms with van der Waals surface area (Å²) in [6.45, 7) is 0.480. The van der Waals surface area contributed by atoms with E-state index >= 15 is 0 Å². The fourth-order valence-electron chi connectivity index (χ4n) is 2.90. The van der Waals surface area contributed by atoms with Crippen LogP contribution in [0.2, 0.25) is 0 Å². The monoisotopic (exact) mass is 393 g/mol. The average molecular weight is 393 g/mol. The van der Waals surface area contributed by atoms with E-state index in [0.29, 0.717) is 29.1 Å². The number of benzene rings is 2. The number of aromatic nitrogens is 1. The Morgan fingerprint density at radius 3 is 2.82 bits per heavy atom. The average Bonchev–Trinajstić information content (AvgIpc) is 2.84. The minimum Gasteiger partial charge on any atom is -0.352 e. The zero-order valence-electron chi connectivity index (χ0n) is 14.7. The van der Waals surface area contributed by atoms with Crippen LogP contribution in [0.5, 0.6) is 0 Å². The van der Waals surface area contributed by atoms with Gasteiger partial charge in [0.15, 0.2) is 0 Å². The number of carbonyl (C=O) groups is 2. The summed E-state index contributed by atoms with van der Waals surface area (Å²) >= 11 is 1.36. The Balaban J connectivity index is 1.48. The number of hydrogen-bond donors (Lipinski definition) is 2. The molecule has 2 N–H and O–H groups in total. The number of carbonyl (C=O) groups excluding carboxylic acids is 2. The zero-order chi connectivity index (χ0) is 19.5. The molecule has 0 fully saturated rings. The van der Waals surface area contributed by atoms with Gasteiger partial charge in [-0.05, 0) is 54.4 Å². The highest BCUT2D eigenvalue weighted by atomic mass is 32.2. The van der Waals surface area contributed by atoms with Gasteiger partial charge in [-0.3, -0.25) is 14.6 Å². The molecule has 0 atom stereocenters. The number of halogens is 1. The van der Waals surface area contributed by atoms with Crippen molar-refractivity contribution in [3.63, 3.8) is 0 Å². The number of anilines is 1. The molecule has 0 aliphatic carbocycles. The van der Waals surface area contributed by atoms with Crippen molar-refractivity contribution < 1.29 is 14.0 Å². The van der Waals surface area contributed by atoms with Crippen molar-refractivity contribution in [3.8, 4) is 0 Å². The molecule has 0 saturated carbocycles. The van der Waals surface area contributed by atoms with E-state index in [4.69, 9.17) is 0 Å². The molecule has 5 nitrogen and oxygen atoms in total. The van der Waals surface area contributed by atoms with Crippen LogP contribution in [0.25, 0.3) is 0 Å². The number of pyridine rings is 1. The molecule has 2 heterocycles. The quantitative estimate of drug-likeness (QED) is 0.705. The second kappa shape index (κ2) is 7.82. The molecule has 0 spiro atoms. The SMILES string of the molecule is O=C(NCCc1cccnc1)c1ccc2c(c1)NC(=O)c1cc(F)ccc1S2. The Kier molecular flexibility index (Phi) is 5.08. The highest BCUT2D eigenvalue weighted by molar-refractivity contribution is 7.99. The normalized spacial score (nSPS) is 12.4. The van der Waals surface area contributed by atoms with Crippen LogP contribution in [0.15, 0.2) is 70.7 Å². The van der Waals surface area contributed by atoms with E-state index < -0.39 is 11.7 Å². The summed E-state index contributed by atoms with van der Waals surface area (Å²) in [6.07, 6.45) is 4.15. The molecule has 1 aliphatic heterocycles. The molecule has 0 unspecified atom stereocenters. The molecule has 2 aromatic carbocycles. The molecule has 0 bridgehead atoms. The third-order valence-corrected chi connectivity index (χ3v) is 5.47. The van der Waals surface area contributed by atoms with E-state index in [1.807, 2.05) is 12.1 Å². The Morgan fingerprint density at radius 1 is 1.14 bits per heavy atom. The molecule has 4 rings (SSSR count). The first-order chi connectivity index (χ1) is 13.6. The van der Waals surface area contributed by atoms with Gasteiger partial charge in [0.1, 0.15) is 5.82 Å². The van der Waals surface area contributed by atoms with Crippen molar-refractivity contribution in [2.75, 3.05) is 11.9 Å². The topological polar surface area (TPSA) is 71.1 Å². The highest BCUT2D eigenvalue weighted by Gasteiger charge is 2.21. The number of rotatable bonds is 4. The van der Waals surface area contributed by atoms with Crippen LogP contribution in [-0.4, -0.2) is 23.3 Å². The van der Waals surface area contributed by atoms with Crippen LogP contribution in [-0.2, 0) is 6.42 Å². The first-order valence-corrected chi connectivity index (χ1v) is 9.52. The summed E-state index contributed by atoms with van der Waals surface area (Å²) < 4.78 is 13.5. The molecule has 3 aromatic rings. The summed E-state index contributed by atoms with van der Waals surface area (Å²) in [4.78, 5) is 30.4. The lowest BCUT2D eigenvalue weighted by atomic mass is 10.1. The second-order valence-electron chi connectivity index (χ2n) is 6.27. The van der Waals surface area contributed by atoms with Crippen LogP contribution in [0.4, 0.5) is 10.1 Å². The fraction of sp³-hybridized carbons (Fsp3) is 0.0952. The third-order valence-electron chi connectivity index (χ3n) is 4.32. The molecule has 2 amide bonds. The minimum atomic E-state index is -0.464. The third kappa shape index (κ3) is 3.89. The standard InChI is InChI=1S/C21H16FN3O2S/c22-15-4-6-18-16(11-15)21(27)25-17-10-14(3-5-19(17)28-18)20(26)24-9-7-13-2-1-8-23-12-13/h1-6,8,10-12H,7,9H2,(H,24,26)(H,25,27). The summed E-state index contributed by atoms with van der Waals surface area (Å²) in [5, 5.41) is 5.64. The Bertz CT molecular complexity index is 1060. The number of fused-ring (bicyclic) bond motifs is 2. The van der Waals surface area contributed by atoms with E-state index in [9.17, 15) is 14.0 Å². The zero-order valence-corrected chi connectivity index (χ0v) is 15.6. The van der Waals surface area contributed by atoms with Gasteiger partial charge in [-0.2, -0.15) is 0 Å². The van der Waals surface area contributed by atoms with Gasteiger partial charge in [-0.1, -0.05) is 17.8 Å². The fourth-order valence-corrected chi connectivity index (χ4v) is 3.89. The van der Waals surface area contributed by atoms with Gasteiger partial charge in [0.05, 0.1) is 11.3 Å². The van der Waals surface area contributed by atoms with E-state index in [-0.39, 0.29) is 11.5 Å². The van der Waals surface area contributed by atoms with Gasteiger partial charge >= 0.3 is 0 Å². The molecule has 0 radical (unpaired) electrons. The second-order valence-corrected chi connectivity index (χ2v) is 7.36. The molecule has 140 valence electrons. The predicted molar refractivity (Wildman–Crippen MR) is 105 cm³/mol. The van der Waals surface area contributed by atoms with Crippen LogP contribution < -0.4 is 10.6 Å². The van der Waals surface area contributed by atoms with Crippen molar-refractivity contribution >= 4 is 29.3 Å². The largest absolute Gasteiger partial charge is 0.352 e. The van der Waals surface area contributed by atoms with Crippen molar-refractivity contribution in [1.29, 1.82) is 0 Å². The van der Waals surface area contributed by atoms with E-state index in [1.165, 1.54) is 23.9 Å². The van der Waals surface area contributed by atoms with Gasteiger partial charge in [0, 0.05) is 34.3 Å². The molecule has 1 aliphatic rings. The van der Waals surface area contributed by atoms with Gasteiger partial charge in [-0.15, -0.1) is 0 Å². The van der Waals surface area contributed by atoms with Crippen molar-refractivity contribution in [2.45, 2.75) is 16.2 Å². The summed E-state index contributed by atoms with van der Waals surface area (Å²) in [5.74, 6) is -1.08. The van der Waals surface area contributed by atoms with E-state index in [1.54, 1.807) is 36.7 Å². The highest BCUT2D eigenvalue weighted by Crippen LogP contribution is 2.39. The Hall–Kier alpha value is -3.19. The Morgan fingerprint density at radius 2 is 2.00 bits per heavy atom. The molecular formula is C21H16FN3O2S. The molecule has 1 aromatic heterocycles. The lowest BCUT2D eigenvalue weighted by molar-refractivity contribution is 0.0952. The van der Waals surface area contributed by atoms with Gasteiger partial charge in [0.2, 0.25) is 0 Å². The maximum atomic E-state index is 13.5. The van der Waals surface area contributed by atoms with Crippen LogP contribution >= 0.6 is 11.8 Å². The molecule has 7 heteroatoms. The van der Waals surface area contributed by atoms with Gasteiger partial charge in [0.25, 0.3) is 11.8 Å². The molecule has 0 saturated heterocycles. The summed E-state index contributed by atoms with van der Waals surface area (Å²) in [7, 11) is 0. The van der Waals surface area contributed by atoms with Gasteiger partial charge in [-0.25, -0.2) is 4.39 Å². The van der Waals surface area contributed by atoms with Crippen molar-refractivity contribution in [1.82, 2.24) is 10.3 Å². The van der Waals surface area contributed by atoms with Crippen molar-refractivity contribution in [3.05, 3.63) is 83.4 Å². The smallest absolute Gasteiger partial charge is 0.256 e. The lowest BCUT2D eigenvalue weighted by Gasteiger charge is -2.10. The summed E-state index contributed by atoms with van der Waals surface area (Å²) in [6, 6.07) is 13.1. The first-order valence-electron chi connectivity index (χ1n) is 8.70. The first kappa shape index (κ1) is 18.2. The van der Waals surface area contributed by atoms with Gasteiger partial charge < -0.3 is 10.6 Å². The predicted octanol–water partition coefficient (Wildman–Crippen LogP) is 3.91. The summed E-state index contributed by atoms with van der Waals surface area (Å²) in [5.41, 5.74) is 2.30. The van der Waals surface area contributed by atoms with Crippen LogP contribution in [0, 0.1) is 5.82 Å². The number of nitrogens with zero attached hydrogens (tertiary/aromatic N) is 1. The minimum absolute atomic E-state index is 0.223. The van der Waals surface area contributed by atoms with Crippen molar-refractivity contribution in [2.24, 2.45) is 0 Å². The lowest BCUT2D eigenvalue weighted by Crippen LogP contribution is -2.25. The van der Waals surface area contributed by atoms with Crippen LogP contribution in [0.1, 0.15) is 26.3 Å². The number of nitrogens with one attached hydrogen (secondary N) is 2. The Labute approximate surface area is 165 Å². The van der Waals surface area contributed by atoms with Crippen LogP contribution in [0.3, 0.4) is 0 Å².